The van der Waals surface area contributed by atoms with Crippen molar-refractivity contribution in [2.45, 2.75) is 12.8 Å². The number of carbonyl (C=O) groups is 2. The van der Waals surface area contributed by atoms with Crippen LogP contribution in [0.3, 0.4) is 0 Å². The molecule has 0 spiro atoms. The van der Waals surface area contributed by atoms with Gasteiger partial charge in [-0.15, -0.1) is 0 Å². The van der Waals surface area contributed by atoms with Gasteiger partial charge in [-0.1, -0.05) is 12.2 Å². The molecule has 0 aromatic heterocycles. The minimum absolute atomic E-state index is 0.214. The van der Waals surface area contributed by atoms with E-state index < -0.39 is 0 Å². The molecular formula is C10H14O4. The summed E-state index contributed by atoms with van der Waals surface area (Å²) in [6.07, 6.45) is 4.73. The molecule has 0 aromatic rings. The largest absolute Gasteiger partial charge is 0.469 e. The van der Waals surface area contributed by atoms with Gasteiger partial charge in [-0.3, -0.25) is 9.59 Å². The summed E-state index contributed by atoms with van der Waals surface area (Å²) in [6.45, 7) is 0. The zero-order chi connectivity index (χ0) is 10.6. The van der Waals surface area contributed by atoms with Crippen molar-refractivity contribution < 1.29 is 19.1 Å². The first-order chi connectivity index (χ1) is 6.69. The molecule has 0 heterocycles. The van der Waals surface area contributed by atoms with Gasteiger partial charge in [0, 0.05) is 0 Å². The Balaban J connectivity index is 2.60. The first-order valence-electron chi connectivity index (χ1n) is 4.51. The van der Waals surface area contributed by atoms with E-state index in [0.717, 1.165) is 0 Å². The Labute approximate surface area is 82.9 Å². The van der Waals surface area contributed by atoms with Crippen LogP contribution in [0.2, 0.25) is 0 Å². The number of esters is 2. The summed E-state index contributed by atoms with van der Waals surface area (Å²) in [5, 5.41) is 0. The number of carbonyl (C=O) groups excluding carboxylic acids is 2. The summed E-state index contributed by atoms with van der Waals surface area (Å²) in [7, 11) is 2.70. The molecule has 0 aromatic carbocycles. The van der Waals surface area contributed by atoms with Gasteiger partial charge in [0.1, 0.15) is 0 Å². The zero-order valence-electron chi connectivity index (χ0n) is 8.36. The summed E-state index contributed by atoms with van der Waals surface area (Å²) in [5.74, 6) is -1.08. The first-order valence-corrected chi connectivity index (χ1v) is 4.51. The average molecular weight is 198 g/mol. The molecule has 0 radical (unpaired) electrons. The van der Waals surface area contributed by atoms with Gasteiger partial charge in [0.05, 0.1) is 26.1 Å². The van der Waals surface area contributed by atoms with Gasteiger partial charge in [-0.05, 0) is 12.8 Å². The molecule has 2 atom stereocenters. The maximum atomic E-state index is 11.2. The number of ether oxygens (including phenoxy) is 2. The SMILES string of the molecule is COC(=O)[C@H]1CC=C[C@H](C(=O)OC)C1. The molecule has 4 nitrogen and oxygen atoms in total. The van der Waals surface area contributed by atoms with Crippen LogP contribution in [0.5, 0.6) is 0 Å². The van der Waals surface area contributed by atoms with Crippen LogP contribution in [0, 0.1) is 11.8 Å². The first kappa shape index (κ1) is 10.8. The molecule has 14 heavy (non-hydrogen) atoms. The molecule has 1 rings (SSSR count). The van der Waals surface area contributed by atoms with Crippen molar-refractivity contribution >= 4 is 11.9 Å². The normalized spacial score (nSPS) is 25.6. The number of rotatable bonds is 2. The van der Waals surface area contributed by atoms with E-state index in [-0.39, 0.29) is 23.8 Å². The van der Waals surface area contributed by atoms with Gasteiger partial charge in [0.25, 0.3) is 0 Å². The van der Waals surface area contributed by atoms with Crippen molar-refractivity contribution in [3.05, 3.63) is 12.2 Å². The fourth-order valence-electron chi connectivity index (χ4n) is 1.57. The molecule has 0 fully saturated rings. The second-order valence-electron chi connectivity index (χ2n) is 3.25. The van der Waals surface area contributed by atoms with Crippen LogP contribution >= 0.6 is 0 Å². The highest BCUT2D eigenvalue weighted by atomic mass is 16.5. The molecule has 78 valence electrons. The number of hydrogen-bond acceptors (Lipinski definition) is 4. The van der Waals surface area contributed by atoms with E-state index in [1.807, 2.05) is 6.08 Å². The molecule has 0 bridgehead atoms. The van der Waals surface area contributed by atoms with E-state index >= 15 is 0 Å². The van der Waals surface area contributed by atoms with Crippen LogP contribution in [-0.4, -0.2) is 26.2 Å². The van der Waals surface area contributed by atoms with Crippen molar-refractivity contribution in [1.29, 1.82) is 0 Å². The third kappa shape index (κ3) is 2.34. The van der Waals surface area contributed by atoms with E-state index in [4.69, 9.17) is 0 Å². The van der Waals surface area contributed by atoms with Crippen molar-refractivity contribution in [3.63, 3.8) is 0 Å². The molecule has 1 aliphatic rings. The van der Waals surface area contributed by atoms with Crippen LogP contribution in [0.25, 0.3) is 0 Å². The second-order valence-corrected chi connectivity index (χ2v) is 3.25. The fraction of sp³-hybridized carbons (Fsp3) is 0.600. The number of hydrogen-bond donors (Lipinski definition) is 0. The monoisotopic (exact) mass is 198 g/mol. The average Bonchev–Trinajstić information content (AvgIpc) is 2.27. The minimum atomic E-state index is -0.308. The Morgan fingerprint density at radius 3 is 2.43 bits per heavy atom. The van der Waals surface area contributed by atoms with Crippen molar-refractivity contribution in [1.82, 2.24) is 0 Å². The maximum absolute atomic E-state index is 11.2. The van der Waals surface area contributed by atoms with Crippen LogP contribution in [0.1, 0.15) is 12.8 Å². The predicted molar refractivity (Wildman–Crippen MR) is 49.4 cm³/mol. The molecular weight excluding hydrogens is 184 g/mol. The lowest BCUT2D eigenvalue weighted by Gasteiger charge is -2.20. The fourth-order valence-corrected chi connectivity index (χ4v) is 1.57. The second kappa shape index (κ2) is 4.79. The third-order valence-corrected chi connectivity index (χ3v) is 2.37. The van der Waals surface area contributed by atoms with E-state index in [9.17, 15) is 9.59 Å². The van der Waals surface area contributed by atoms with E-state index in [1.165, 1.54) is 14.2 Å². The smallest absolute Gasteiger partial charge is 0.312 e. The summed E-state index contributed by atoms with van der Waals surface area (Å²) >= 11 is 0. The molecule has 0 aliphatic heterocycles. The van der Waals surface area contributed by atoms with Gasteiger partial charge in [-0.2, -0.15) is 0 Å². The van der Waals surface area contributed by atoms with Crippen LogP contribution in [0.15, 0.2) is 12.2 Å². The lowest BCUT2D eigenvalue weighted by atomic mass is 9.87. The van der Waals surface area contributed by atoms with Gasteiger partial charge in [-0.25, -0.2) is 0 Å². The Bertz CT molecular complexity index is 257. The molecule has 0 saturated heterocycles. The van der Waals surface area contributed by atoms with E-state index in [0.29, 0.717) is 12.8 Å². The molecule has 0 amide bonds. The van der Waals surface area contributed by atoms with Crippen molar-refractivity contribution in [3.8, 4) is 0 Å². The van der Waals surface area contributed by atoms with Crippen LogP contribution < -0.4 is 0 Å². The molecule has 0 saturated carbocycles. The number of methoxy groups -OCH3 is 2. The molecule has 4 heteroatoms. The lowest BCUT2D eigenvalue weighted by molar-refractivity contribution is -0.148. The summed E-state index contributed by atoms with van der Waals surface area (Å²) in [6, 6.07) is 0. The zero-order valence-corrected chi connectivity index (χ0v) is 8.36. The van der Waals surface area contributed by atoms with Crippen LogP contribution in [0.4, 0.5) is 0 Å². The summed E-state index contributed by atoms with van der Waals surface area (Å²) in [4.78, 5) is 22.4. The maximum Gasteiger partial charge on any atom is 0.312 e. The Morgan fingerprint density at radius 1 is 1.21 bits per heavy atom. The van der Waals surface area contributed by atoms with Gasteiger partial charge in [0.2, 0.25) is 0 Å². The Hall–Kier alpha value is -1.32. The quantitative estimate of drug-likeness (QED) is 0.489. The predicted octanol–water partition coefficient (Wildman–Crippen LogP) is 0.915. The minimum Gasteiger partial charge on any atom is -0.469 e. The third-order valence-electron chi connectivity index (χ3n) is 2.37. The highest BCUT2D eigenvalue weighted by Gasteiger charge is 2.28. The standard InChI is InChI=1S/C10H14O4/c1-13-9(11)7-4-3-5-8(6-7)10(12)14-2/h3-4,7-8H,5-6H2,1-2H3/t7-,8-/m0/s1. The summed E-state index contributed by atoms with van der Waals surface area (Å²) in [5.41, 5.74) is 0. The van der Waals surface area contributed by atoms with E-state index in [1.54, 1.807) is 6.08 Å². The topological polar surface area (TPSA) is 52.6 Å². The van der Waals surface area contributed by atoms with Gasteiger partial charge < -0.3 is 9.47 Å². The molecule has 0 unspecified atom stereocenters. The van der Waals surface area contributed by atoms with Gasteiger partial charge in [0.15, 0.2) is 0 Å². The highest BCUT2D eigenvalue weighted by Crippen LogP contribution is 2.25. The van der Waals surface area contributed by atoms with Crippen molar-refractivity contribution in [2.24, 2.45) is 11.8 Å². The highest BCUT2D eigenvalue weighted by molar-refractivity contribution is 5.78. The van der Waals surface area contributed by atoms with Gasteiger partial charge >= 0.3 is 11.9 Å². The van der Waals surface area contributed by atoms with Crippen LogP contribution in [-0.2, 0) is 19.1 Å². The molecule has 0 N–H and O–H groups in total. The molecule has 1 aliphatic carbocycles. The lowest BCUT2D eigenvalue weighted by Crippen LogP contribution is -2.26. The van der Waals surface area contributed by atoms with E-state index in [2.05, 4.69) is 9.47 Å². The number of allylic oxidation sites excluding steroid dienone is 1. The Morgan fingerprint density at radius 2 is 1.86 bits per heavy atom. The van der Waals surface area contributed by atoms with Crippen molar-refractivity contribution in [2.75, 3.05) is 14.2 Å². The Kier molecular flexibility index (Phi) is 3.68. The summed E-state index contributed by atoms with van der Waals surface area (Å²) < 4.78 is 9.24.